The third-order valence-electron chi connectivity index (χ3n) is 3.90. The summed E-state index contributed by atoms with van der Waals surface area (Å²) in [6.07, 6.45) is 1.23. The Morgan fingerprint density at radius 2 is 1.85 bits per heavy atom. The van der Waals surface area contributed by atoms with Crippen molar-refractivity contribution >= 4 is 15.9 Å². The molecule has 1 nitrogen and oxygen atoms in total. The van der Waals surface area contributed by atoms with Gasteiger partial charge in [0.05, 0.1) is 6.61 Å². The fraction of sp³-hybridized carbons (Fsp3) is 0.294. The first-order valence-corrected chi connectivity index (χ1v) is 7.51. The van der Waals surface area contributed by atoms with Gasteiger partial charge in [-0.3, -0.25) is 0 Å². The third-order valence-corrected chi connectivity index (χ3v) is 4.40. The summed E-state index contributed by atoms with van der Waals surface area (Å²) >= 11 is 3.37. The van der Waals surface area contributed by atoms with Crippen LogP contribution in [0.3, 0.4) is 0 Å². The third kappa shape index (κ3) is 3.10. The van der Waals surface area contributed by atoms with Crippen LogP contribution in [0.5, 0.6) is 0 Å². The van der Waals surface area contributed by atoms with E-state index >= 15 is 0 Å². The highest BCUT2D eigenvalue weighted by Gasteiger charge is 2.30. The molecule has 0 spiro atoms. The zero-order valence-corrected chi connectivity index (χ0v) is 13.0. The van der Waals surface area contributed by atoms with Crippen LogP contribution in [-0.4, -0.2) is 11.7 Å². The molecule has 0 aromatic heterocycles. The Labute approximate surface area is 127 Å². The van der Waals surface area contributed by atoms with Crippen molar-refractivity contribution in [3.05, 3.63) is 69.9 Å². The molecule has 0 saturated carbocycles. The van der Waals surface area contributed by atoms with Gasteiger partial charge in [0.1, 0.15) is 5.82 Å². The summed E-state index contributed by atoms with van der Waals surface area (Å²) in [5, 5.41) is 9.92. The van der Waals surface area contributed by atoms with E-state index in [0.717, 1.165) is 16.5 Å². The van der Waals surface area contributed by atoms with Gasteiger partial charge in [-0.2, -0.15) is 0 Å². The molecule has 2 aromatic carbocycles. The van der Waals surface area contributed by atoms with Crippen molar-refractivity contribution in [3.63, 3.8) is 0 Å². The average Bonchev–Trinajstić information content (AvgIpc) is 2.49. The summed E-state index contributed by atoms with van der Waals surface area (Å²) in [4.78, 5) is 0. The van der Waals surface area contributed by atoms with Gasteiger partial charge in [0, 0.05) is 9.89 Å². The van der Waals surface area contributed by atoms with Gasteiger partial charge in [-0.25, -0.2) is 4.39 Å². The molecule has 0 fully saturated rings. The van der Waals surface area contributed by atoms with E-state index in [9.17, 15) is 9.50 Å². The van der Waals surface area contributed by atoms with Crippen LogP contribution in [0.4, 0.5) is 4.39 Å². The Bertz CT molecular complexity index is 564. The molecule has 2 aromatic rings. The quantitative estimate of drug-likeness (QED) is 0.853. The van der Waals surface area contributed by atoms with E-state index in [1.54, 1.807) is 12.1 Å². The molecule has 0 amide bonds. The van der Waals surface area contributed by atoms with E-state index in [1.807, 2.05) is 37.3 Å². The molecule has 1 unspecified atom stereocenters. The molecule has 106 valence electrons. The minimum absolute atomic E-state index is 0.000529. The van der Waals surface area contributed by atoms with Crippen LogP contribution in [0.2, 0.25) is 0 Å². The van der Waals surface area contributed by atoms with Gasteiger partial charge in [0.25, 0.3) is 0 Å². The second kappa shape index (κ2) is 6.51. The maximum atomic E-state index is 14.0. The summed E-state index contributed by atoms with van der Waals surface area (Å²) in [6, 6.07) is 14.8. The van der Waals surface area contributed by atoms with Gasteiger partial charge in [0.2, 0.25) is 0 Å². The van der Waals surface area contributed by atoms with Crippen molar-refractivity contribution in [2.24, 2.45) is 0 Å². The maximum Gasteiger partial charge on any atom is 0.126 e. The first-order valence-electron chi connectivity index (χ1n) is 6.71. The maximum absolute atomic E-state index is 14.0. The standard InChI is InChI=1S/C17H18BrFO/c1-2-17(12-20,14-6-4-3-5-7-14)11-13-10-15(18)8-9-16(13)19/h3-10,20H,2,11-12H2,1H3. The molecule has 0 saturated heterocycles. The first-order chi connectivity index (χ1) is 9.61. The molecule has 0 aliphatic rings. The number of hydrogen-bond acceptors (Lipinski definition) is 1. The average molecular weight is 337 g/mol. The lowest BCUT2D eigenvalue weighted by molar-refractivity contribution is 0.185. The number of hydrogen-bond donors (Lipinski definition) is 1. The Kier molecular flexibility index (Phi) is 4.95. The number of benzene rings is 2. The number of halogens is 2. The van der Waals surface area contributed by atoms with Gasteiger partial charge in [0.15, 0.2) is 0 Å². The summed E-state index contributed by atoms with van der Waals surface area (Å²) in [5.41, 5.74) is 1.23. The highest BCUT2D eigenvalue weighted by molar-refractivity contribution is 9.10. The van der Waals surface area contributed by atoms with E-state index in [1.165, 1.54) is 6.07 Å². The number of rotatable bonds is 5. The van der Waals surface area contributed by atoms with Crippen molar-refractivity contribution in [1.82, 2.24) is 0 Å². The van der Waals surface area contributed by atoms with Crippen molar-refractivity contribution in [2.45, 2.75) is 25.2 Å². The fourth-order valence-corrected chi connectivity index (χ4v) is 2.93. The zero-order valence-electron chi connectivity index (χ0n) is 11.4. The second-order valence-corrected chi connectivity index (χ2v) is 5.99. The minimum Gasteiger partial charge on any atom is -0.395 e. The lowest BCUT2D eigenvalue weighted by Crippen LogP contribution is -2.32. The van der Waals surface area contributed by atoms with E-state index in [0.29, 0.717) is 12.0 Å². The van der Waals surface area contributed by atoms with Crippen LogP contribution in [0.15, 0.2) is 53.0 Å². The van der Waals surface area contributed by atoms with Gasteiger partial charge >= 0.3 is 0 Å². The molecular formula is C17H18BrFO. The van der Waals surface area contributed by atoms with Crippen molar-refractivity contribution in [2.75, 3.05) is 6.61 Å². The zero-order chi connectivity index (χ0) is 14.6. The highest BCUT2D eigenvalue weighted by Crippen LogP contribution is 2.33. The predicted octanol–water partition coefficient (Wildman–Crippen LogP) is 4.47. The predicted molar refractivity (Wildman–Crippen MR) is 83.3 cm³/mol. The van der Waals surface area contributed by atoms with Gasteiger partial charge in [-0.1, -0.05) is 53.2 Å². The Hall–Kier alpha value is -1.19. The number of aliphatic hydroxyl groups is 1. The molecule has 3 heteroatoms. The fourth-order valence-electron chi connectivity index (χ4n) is 2.53. The molecule has 1 atom stereocenters. The van der Waals surface area contributed by atoms with Gasteiger partial charge in [-0.05, 0) is 42.2 Å². The summed E-state index contributed by atoms with van der Waals surface area (Å²) in [5.74, 6) is -0.226. The molecule has 0 bridgehead atoms. The SMILES string of the molecule is CCC(CO)(Cc1cc(Br)ccc1F)c1ccccc1. The van der Waals surface area contributed by atoms with Crippen LogP contribution < -0.4 is 0 Å². The molecule has 1 N–H and O–H groups in total. The number of aliphatic hydroxyl groups excluding tert-OH is 1. The topological polar surface area (TPSA) is 20.2 Å². The second-order valence-electron chi connectivity index (χ2n) is 5.07. The molecule has 2 rings (SSSR count). The van der Waals surface area contributed by atoms with Crippen molar-refractivity contribution in [1.29, 1.82) is 0 Å². The largest absolute Gasteiger partial charge is 0.395 e. The first kappa shape index (κ1) is 15.2. The smallest absolute Gasteiger partial charge is 0.126 e. The summed E-state index contributed by atoms with van der Waals surface area (Å²) in [6.45, 7) is 2.03. The van der Waals surface area contributed by atoms with Crippen LogP contribution in [0, 0.1) is 5.82 Å². The molecule has 0 aliphatic carbocycles. The molecule has 0 aliphatic heterocycles. The van der Waals surface area contributed by atoms with E-state index in [2.05, 4.69) is 15.9 Å². The summed E-state index contributed by atoms with van der Waals surface area (Å²) in [7, 11) is 0. The normalized spacial score (nSPS) is 14.0. The Balaban J connectivity index is 2.42. The Morgan fingerprint density at radius 1 is 1.15 bits per heavy atom. The molecule has 20 heavy (non-hydrogen) atoms. The van der Waals surface area contributed by atoms with E-state index in [4.69, 9.17) is 0 Å². The van der Waals surface area contributed by atoms with Crippen LogP contribution in [0.25, 0.3) is 0 Å². The van der Waals surface area contributed by atoms with Crippen molar-refractivity contribution in [3.8, 4) is 0 Å². The minimum atomic E-state index is -0.442. The van der Waals surface area contributed by atoms with Crippen LogP contribution in [-0.2, 0) is 11.8 Å². The van der Waals surface area contributed by atoms with Gasteiger partial charge in [-0.15, -0.1) is 0 Å². The highest BCUT2D eigenvalue weighted by atomic mass is 79.9. The van der Waals surface area contributed by atoms with Crippen LogP contribution in [0.1, 0.15) is 24.5 Å². The molecular weight excluding hydrogens is 319 g/mol. The van der Waals surface area contributed by atoms with E-state index in [-0.39, 0.29) is 12.4 Å². The van der Waals surface area contributed by atoms with Crippen molar-refractivity contribution < 1.29 is 9.50 Å². The Morgan fingerprint density at radius 3 is 2.45 bits per heavy atom. The lowest BCUT2D eigenvalue weighted by atomic mass is 9.74. The van der Waals surface area contributed by atoms with Crippen LogP contribution >= 0.6 is 15.9 Å². The molecule has 0 heterocycles. The molecule has 0 radical (unpaired) electrons. The van der Waals surface area contributed by atoms with Gasteiger partial charge < -0.3 is 5.11 Å². The summed E-state index contributed by atoms with van der Waals surface area (Å²) < 4.78 is 14.8. The monoisotopic (exact) mass is 336 g/mol. The lowest BCUT2D eigenvalue weighted by Gasteiger charge is -2.32. The van der Waals surface area contributed by atoms with E-state index < -0.39 is 5.41 Å².